The molecule has 1 aliphatic heterocycles. The number of carbonyl (C=O) groups is 1. The molecule has 1 aliphatic carbocycles. The van der Waals surface area contributed by atoms with Crippen LogP contribution in [0.4, 0.5) is 19.0 Å². The Morgan fingerprint density at radius 2 is 1.94 bits per heavy atom. The molecular weight excluding hydrogens is 431 g/mol. The number of aryl methyl sites for hydroxylation is 1. The minimum Gasteiger partial charge on any atom is -0.365 e. The molecule has 0 unspecified atom stereocenters. The second kappa shape index (κ2) is 8.13. The zero-order chi connectivity index (χ0) is 23.2. The van der Waals surface area contributed by atoms with Gasteiger partial charge in [-0.2, -0.15) is 13.2 Å². The van der Waals surface area contributed by atoms with Gasteiger partial charge in [0.25, 0.3) is 5.91 Å². The number of likely N-dealkylation sites (tertiary alicyclic amines) is 1. The largest absolute Gasteiger partial charge is 0.417 e. The molecule has 2 bridgehead atoms. The molecule has 2 fully saturated rings. The maximum Gasteiger partial charge on any atom is 0.417 e. The molecule has 2 aliphatic rings. The fourth-order valence-electron chi connectivity index (χ4n) is 4.84. The number of aromatic nitrogens is 3. The van der Waals surface area contributed by atoms with E-state index in [0.29, 0.717) is 35.2 Å². The van der Waals surface area contributed by atoms with Crippen molar-refractivity contribution in [2.45, 2.75) is 38.0 Å². The minimum atomic E-state index is -4.42. The van der Waals surface area contributed by atoms with E-state index in [-0.39, 0.29) is 18.0 Å². The molecule has 4 heterocycles. The highest BCUT2D eigenvalue weighted by atomic mass is 19.4. The number of nitrogens with one attached hydrogen (secondary N) is 1. The highest BCUT2D eigenvalue weighted by Crippen LogP contribution is 2.40. The van der Waals surface area contributed by atoms with E-state index in [0.717, 1.165) is 30.7 Å². The van der Waals surface area contributed by atoms with Crippen molar-refractivity contribution in [2.24, 2.45) is 5.92 Å². The van der Waals surface area contributed by atoms with Gasteiger partial charge in [-0.05, 0) is 61.6 Å². The average Bonchev–Trinajstić information content (AvgIpc) is 3.40. The molecule has 3 atom stereocenters. The van der Waals surface area contributed by atoms with Crippen LogP contribution in [0.1, 0.15) is 34.5 Å². The third-order valence-electron chi connectivity index (χ3n) is 6.33. The molecule has 1 N–H and O–H groups in total. The molecule has 1 amide bonds. The number of halogens is 3. The highest BCUT2D eigenvalue weighted by Gasteiger charge is 2.47. The van der Waals surface area contributed by atoms with Crippen LogP contribution in [-0.2, 0) is 6.18 Å². The summed E-state index contributed by atoms with van der Waals surface area (Å²) in [6, 6.07) is 9.64. The van der Waals surface area contributed by atoms with Gasteiger partial charge in [-0.25, -0.2) is 4.98 Å². The number of fused-ring (bicyclic) bond motifs is 2. The van der Waals surface area contributed by atoms with Crippen LogP contribution in [0.5, 0.6) is 0 Å². The number of piperidine rings is 1. The van der Waals surface area contributed by atoms with E-state index in [1.165, 1.54) is 6.07 Å². The lowest BCUT2D eigenvalue weighted by molar-refractivity contribution is -0.137. The molecule has 9 heteroatoms. The summed E-state index contributed by atoms with van der Waals surface area (Å²) in [5, 5.41) is 3.24. The summed E-state index contributed by atoms with van der Waals surface area (Å²) in [5.41, 5.74) is 1.88. The zero-order valence-electron chi connectivity index (χ0n) is 17.9. The van der Waals surface area contributed by atoms with Gasteiger partial charge in [-0.1, -0.05) is 6.07 Å². The molecule has 5 rings (SSSR count). The lowest BCUT2D eigenvalue weighted by atomic mass is 10.0. The number of hydrogen-bond acceptors (Lipinski definition) is 5. The number of carbonyl (C=O) groups excluding carboxylic acids is 1. The summed E-state index contributed by atoms with van der Waals surface area (Å²) in [6.07, 6.45) is 1.44. The van der Waals surface area contributed by atoms with Crippen LogP contribution >= 0.6 is 0 Å². The highest BCUT2D eigenvalue weighted by molar-refractivity contribution is 5.99. The number of amides is 1. The smallest absolute Gasteiger partial charge is 0.365 e. The maximum atomic E-state index is 13.6. The molecule has 1 saturated carbocycles. The molecule has 1 saturated heterocycles. The zero-order valence-corrected chi connectivity index (χ0v) is 17.9. The standard InChI is InChI=1S/C24H22F3N5O/c1-14-8-17(18-4-2-3-7-28-18)22(30-11-14)23(33)32-13-15-9-19(20(32)10-15)31-21-6-5-16(12-29-21)24(25,26)27/h2-8,11-12,15,19-20H,9-10,13H2,1H3,(H,29,31)/t15-,19-,20+/m1/s1. The Bertz CT molecular complexity index is 1170. The van der Waals surface area contributed by atoms with E-state index in [2.05, 4.69) is 20.3 Å². The average molecular weight is 453 g/mol. The first-order valence-corrected chi connectivity index (χ1v) is 10.8. The van der Waals surface area contributed by atoms with Gasteiger partial charge in [0.1, 0.15) is 11.5 Å². The Balaban J connectivity index is 1.37. The number of alkyl halides is 3. The lowest BCUT2D eigenvalue weighted by Gasteiger charge is -2.34. The van der Waals surface area contributed by atoms with Crippen LogP contribution in [-0.4, -0.2) is 44.4 Å². The molecule has 0 aromatic carbocycles. The molecule has 0 radical (unpaired) electrons. The molecule has 170 valence electrons. The van der Waals surface area contributed by atoms with Crippen molar-refractivity contribution in [3.63, 3.8) is 0 Å². The molecule has 0 spiro atoms. The SMILES string of the molecule is Cc1cnc(C(=O)N2C[C@@H]3C[C@@H](Nc4ccc(C(F)(F)F)cn4)[C@@H]2C3)c(-c2ccccn2)c1. The van der Waals surface area contributed by atoms with Gasteiger partial charge >= 0.3 is 6.18 Å². The van der Waals surface area contributed by atoms with E-state index in [4.69, 9.17) is 0 Å². The van der Waals surface area contributed by atoms with Crippen molar-refractivity contribution in [3.8, 4) is 11.3 Å². The maximum absolute atomic E-state index is 13.6. The normalized spacial score (nSPS) is 21.9. The van der Waals surface area contributed by atoms with Crippen LogP contribution in [0.2, 0.25) is 0 Å². The summed E-state index contributed by atoms with van der Waals surface area (Å²) < 4.78 is 38.4. The van der Waals surface area contributed by atoms with E-state index in [1.807, 2.05) is 36.1 Å². The molecule has 33 heavy (non-hydrogen) atoms. The fraction of sp³-hybridized carbons (Fsp3) is 0.333. The summed E-state index contributed by atoms with van der Waals surface area (Å²) in [5.74, 6) is 0.542. The summed E-state index contributed by atoms with van der Waals surface area (Å²) in [6.45, 7) is 2.56. The Morgan fingerprint density at radius 1 is 1.09 bits per heavy atom. The van der Waals surface area contributed by atoms with Crippen molar-refractivity contribution in [1.82, 2.24) is 19.9 Å². The van der Waals surface area contributed by atoms with Crippen molar-refractivity contribution >= 4 is 11.7 Å². The van der Waals surface area contributed by atoms with Crippen LogP contribution in [0, 0.1) is 12.8 Å². The molecule has 6 nitrogen and oxygen atoms in total. The summed E-state index contributed by atoms with van der Waals surface area (Å²) in [7, 11) is 0. The fourth-order valence-corrected chi connectivity index (χ4v) is 4.84. The Morgan fingerprint density at radius 3 is 2.61 bits per heavy atom. The molecular formula is C24H22F3N5O. The topological polar surface area (TPSA) is 71.0 Å². The second-order valence-electron chi connectivity index (χ2n) is 8.67. The first-order valence-electron chi connectivity index (χ1n) is 10.8. The predicted molar refractivity (Wildman–Crippen MR) is 116 cm³/mol. The van der Waals surface area contributed by atoms with Crippen molar-refractivity contribution in [2.75, 3.05) is 11.9 Å². The first-order chi connectivity index (χ1) is 15.8. The van der Waals surface area contributed by atoms with Gasteiger partial charge < -0.3 is 10.2 Å². The molecule has 3 aromatic heterocycles. The van der Waals surface area contributed by atoms with Gasteiger partial charge in [0.05, 0.1) is 17.3 Å². The van der Waals surface area contributed by atoms with Crippen molar-refractivity contribution in [3.05, 3.63) is 71.8 Å². The number of pyridine rings is 3. The minimum absolute atomic E-state index is 0.0775. The van der Waals surface area contributed by atoms with Gasteiger partial charge in [0, 0.05) is 36.7 Å². The van der Waals surface area contributed by atoms with Gasteiger partial charge in [-0.3, -0.25) is 14.8 Å². The predicted octanol–water partition coefficient (Wildman–Crippen LogP) is 4.58. The van der Waals surface area contributed by atoms with Crippen LogP contribution in [0.3, 0.4) is 0 Å². The third kappa shape index (κ3) is 4.15. The molecule has 3 aromatic rings. The Hall–Kier alpha value is -3.49. The van der Waals surface area contributed by atoms with Crippen molar-refractivity contribution in [1.29, 1.82) is 0 Å². The van der Waals surface area contributed by atoms with Gasteiger partial charge in [-0.15, -0.1) is 0 Å². The van der Waals surface area contributed by atoms with Gasteiger partial charge in [0.15, 0.2) is 0 Å². The first kappa shape index (κ1) is 21.4. The quantitative estimate of drug-likeness (QED) is 0.626. The van der Waals surface area contributed by atoms with Crippen LogP contribution < -0.4 is 5.32 Å². The van der Waals surface area contributed by atoms with Crippen LogP contribution in [0.15, 0.2) is 55.0 Å². The van der Waals surface area contributed by atoms with Crippen LogP contribution in [0.25, 0.3) is 11.3 Å². The summed E-state index contributed by atoms with van der Waals surface area (Å²) in [4.78, 5) is 28.2. The van der Waals surface area contributed by atoms with E-state index in [9.17, 15) is 18.0 Å². The number of nitrogens with zero attached hydrogens (tertiary/aromatic N) is 4. The Kier molecular flexibility index (Phi) is 5.26. The lowest BCUT2D eigenvalue weighted by Crippen LogP contribution is -2.48. The van der Waals surface area contributed by atoms with Crippen molar-refractivity contribution < 1.29 is 18.0 Å². The number of rotatable bonds is 4. The number of anilines is 1. The van der Waals surface area contributed by atoms with E-state index >= 15 is 0 Å². The van der Waals surface area contributed by atoms with E-state index in [1.54, 1.807) is 12.4 Å². The van der Waals surface area contributed by atoms with E-state index < -0.39 is 11.7 Å². The Labute approximate surface area is 188 Å². The third-order valence-corrected chi connectivity index (χ3v) is 6.33. The second-order valence-corrected chi connectivity index (χ2v) is 8.67. The number of hydrogen-bond donors (Lipinski definition) is 1. The monoisotopic (exact) mass is 453 g/mol. The van der Waals surface area contributed by atoms with Gasteiger partial charge in [0.2, 0.25) is 0 Å². The summed E-state index contributed by atoms with van der Waals surface area (Å²) >= 11 is 0.